The number of carbonyl (C=O) groups is 1. The van der Waals surface area contributed by atoms with Gasteiger partial charge in [-0.2, -0.15) is 18.2 Å². The SMILES string of the molecule is O=C(O)Cc1noc(-c2ccc(C(F)(F)F)cc2)n1. The largest absolute Gasteiger partial charge is 0.481 e. The lowest BCUT2D eigenvalue weighted by Crippen LogP contribution is -2.04. The predicted molar refractivity (Wildman–Crippen MR) is 56.1 cm³/mol. The molecular weight excluding hydrogens is 265 g/mol. The molecule has 2 rings (SSSR count). The van der Waals surface area contributed by atoms with Crippen LogP contribution in [0.3, 0.4) is 0 Å². The molecule has 1 aromatic carbocycles. The smallest absolute Gasteiger partial charge is 0.416 e. The van der Waals surface area contributed by atoms with Crippen molar-refractivity contribution < 1.29 is 27.6 Å². The number of aromatic nitrogens is 2. The molecule has 19 heavy (non-hydrogen) atoms. The van der Waals surface area contributed by atoms with Gasteiger partial charge < -0.3 is 9.63 Å². The molecule has 1 heterocycles. The van der Waals surface area contributed by atoms with Crippen LogP contribution < -0.4 is 0 Å². The van der Waals surface area contributed by atoms with E-state index in [1.165, 1.54) is 12.1 Å². The Kier molecular flexibility index (Phi) is 3.24. The molecule has 0 atom stereocenters. The number of alkyl halides is 3. The first-order chi connectivity index (χ1) is 8.86. The van der Waals surface area contributed by atoms with E-state index in [2.05, 4.69) is 10.1 Å². The van der Waals surface area contributed by atoms with Gasteiger partial charge in [0, 0.05) is 5.56 Å². The van der Waals surface area contributed by atoms with Crippen molar-refractivity contribution in [1.29, 1.82) is 0 Å². The van der Waals surface area contributed by atoms with Crippen LogP contribution in [-0.2, 0) is 17.4 Å². The molecule has 0 aliphatic rings. The Bertz CT molecular complexity index is 590. The molecule has 100 valence electrons. The van der Waals surface area contributed by atoms with Crippen molar-refractivity contribution in [3.63, 3.8) is 0 Å². The van der Waals surface area contributed by atoms with Gasteiger partial charge in [-0.25, -0.2) is 0 Å². The quantitative estimate of drug-likeness (QED) is 0.928. The summed E-state index contributed by atoms with van der Waals surface area (Å²) in [4.78, 5) is 14.2. The van der Waals surface area contributed by atoms with Crippen molar-refractivity contribution in [2.75, 3.05) is 0 Å². The molecule has 0 fully saturated rings. The lowest BCUT2D eigenvalue weighted by Gasteiger charge is -2.05. The number of benzene rings is 1. The van der Waals surface area contributed by atoms with Crippen LogP contribution in [0.5, 0.6) is 0 Å². The van der Waals surface area contributed by atoms with Gasteiger partial charge in [0.05, 0.1) is 5.56 Å². The summed E-state index contributed by atoms with van der Waals surface area (Å²) in [7, 11) is 0. The maximum absolute atomic E-state index is 12.4. The maximum Gasteiger partial charge on any atom is 0.416 e. The Balaban J connectivity index is 2.23. The molecule has 1 aromatic heterocycles. The number of halogens is 3. The number of hydrogen-bond donors (Lipinski definition) is 1. The lowest BCUT2D eigenvalue weighted by molar-refractivity contribution is -0.138. The Morgan fingerprint density at radius 1 is 1.26 bits per heavy atom. The average Bonchev–Trinajstić information content (AvgIpc) is 2.75. The Morgan fingerprint density at radius 2 is 1.89 bits per heavy atom. The van der Waals surface area contributed by atoms with Gasteiger partial charge in [0.25, 0.3) is 5.89 Å². The molecule has 0 saturated carbocycles. The van der Waals surface area contributed by atoms with E-state index in [0.29, 0.717) is 0 Å². The van der Waals surface area contributed by atoms with Crippen LogP contribution >= 0.6 is 0 Å². The second-order valence-electron chi connectivity index (χ2n) is 3.66. The molecule has 0 unspecified atom stereocenters. The molecule has 0 radical (unpaired) electrons. The van der Waals surface area contributed by atoms with Crippen LogP contribution in [-0.4, -0.2) is 21.2 Å². The summed E-state index contributed by atoms with van der Waals surface area (Å²) in [6.07, 6.45) is -4.83. The monoisotopic (exact) mass is 272 g/mol. The zero-order chi connectivity index (χ0) is 14.0. The summed E-state index contributed by atoms with van der Waals surface area (Å²) in [6, 6.07) is 4.13. The Labute approximate surface area is 104 Å². The van der Waals surface area contributed by atoms with E-state index >= 15 is 0 Å². The fourth-order valence-corrected chi connectivity index (χ4v) is 1.38. The highest BCUT2D eigenvalue weighted by Gasteiger charge is 2.30. The second kappa shape index (κ2) is 4.71. The van der Waals surface area contributed by atoms with E-state index in [9.17, 15) is 18.0 Å². The van der Waals surface area contributed by atoms with Gasteiger partial charge in [-0.1, -0.05) is 5.16 Å². The number of nitrogens with zero attached hydrogens (tertiary/aromatic N) is 2. The summed E-state index contributed by atoms with van der Waals surface area (Å²) in [5.74, 6) is -1.19. The van der Waals surface area contributed by atoms with E-state index < -0.39 is 24.1 Å². The second-order valence-corrected chi connectivity index (χ2v) is 3.66. The van der Waals surface area contributed by atoms with Crippen molar-refractivity contribution in [3.8, 4) is 11.5 Å². The van der Waals surface area contributed by atoms with Gasteiger partial charge in [0.1, 0.15) is 6.42 Å². The topological polar surface area (TPSA) is 76.2 Å². The van der Waals surface area contributed by atoms with Crippen LogP contribution in [0.15, 0.2) is 28.8 Å². The van der Waals surface area contributed by atoms with E-state index in [4.69, 9.17) is 9.63 Å². The number of hydrogen-bond acceptors (Lipinski definition) is 4. The first-order valence-electron chi connectivity index (χ1n) is 5.08. The van der Waals surface area contributed by atoms with Crippen molar-refractivity contribution in [2.45, 2.75) is 12.6 Å². The fraction of sp³-hybridized carbons (Fsp3) is 0.182. The summed E-state index contributed by atoms with van der Waals surface area (Å²) in [6.45, 7) is 0. The molecule has 2 aromatic rings. The van der Waals surface area contributed by atoms with Gasteiger partial charge >= 0.3 is 12.1 Å². The molecule has 8 heteroatoms. The molecule has 5 nitrogen and oxygen atoms in total. The van der Waals surface area contributed by atoms with Crippen LogP contribution in [0.4, 0.5) is 13.2 Å². The number of carboxylic acids is 1. The van der Waals surface area contributed by atoms with Crippen LogP contribution in [0.2, 0.25) is 0 Å². The minimum absolute atomic E-state index is 0.0232. The first kappa shape index (κ1) is 13.1. The van der Waals surface area contributed by atoms with Crippen molar-refractivity contribution in [1.82, 2.24) is 10.1 Å². The van der Waals surface area contributed by atoms with Crippen molar-refractivity contribution in [3.05, 3.63) is 35.7 Å². The molecule has 0 amide bonds. The van der Waals surface area contributed by atoms with E-state index in [-0.39, 0.29) is 17.3 Å². The number of carboxylic acid groups (broad SMARTS) is 1. The third-order valence-electron chi connectivity index (χ3n) is 2.24. The van der Waals surface area contributed by atoms with Crippen LogP contribution in [0.25, 0.3) is 11.5 Å². The van der Waals surface area contributed by atoms with E-state index in [1.54, 1.807) is 0 Å². The minimum atomic E-state index is -4.41. The summed E-state index contributed by atoms with van der Waals surface area (Å²) in [5.41, 5.74) is -0.501. The lowest BCUT2D eigenvalue weighted by atomic mass is 10.1. The van der Waals surface area contributed by atoms with Gasteiger partial charge in [0.2, 0.25) is 0 Å². The third kappa shape index (κ3) is 3.09. The molecule has 1 N–H and O–H groups in total. The summed E-state index contributed by atoms with van der Waals surface area (Å²) in [5, 5.41) is 11.9. The van der Waals surface area contributed by atoms with Gasteiger partial charge in [-0.05, 0) is 24.3 Å². The van der Waals surface area contributed by atoms with Crippen LogP contribution in [0, 0.1) is 0 Å². The van der Waals surface area contributed by atoms with E-state index in [0.717, 1.165) is 12.1 Å². The summed E-state index contributed by atoms with van der Waals surface area (Å²) >= 11 is 0. The van der Waals surface area contributed by atoms with Crippen molar-refractivity contribution in [2.24, 2.45) is 0 Å². The minimum Gasteiger partial charge on any atom is -0.481 e. The summed E-state index contributed by atoms with van der Waals surface area (Å²) < 4.78 is 41.8. The number of rotatable bonds is 3. The highest BCUT2D eigenvalue weighted by molar-refractivity contribution is 5.69. The molecular formula is C11H7F3N2O3. The average molecular weight is 272 g/mol. The first-order valence-corrected chi connectivity index (χ1v) is 5.08. The number of aliphatic carboxylic acids is 1. The highest BCUT2D eigenvalue weighted by Crippen LogP contribution is 2.30. The van der Waals surface area contributed by atoms with E-state index in [1.807, 2.05) is 0 Å². The third-order valence-corrected chi connectivity index (χ3v) is 2.24. The molecule has 0 aliphatic carbocycles. The van der Waals surface area contributed by atoms with Gasteiger partial charge in [0.15, 0.2) is 5.82 Å². The zero-order valence-corrected chi connectivity index (χ0v) is 9.31. The highest BCUT2D eigenvalue weighted by atomic mass is 19.4. The van der Waals surface area contributed by atoms with Gasteiger partial charge in [-0.3, -0.25) is 4.79 Å². The standard InChI is InChI=1S/C11H7F3N2O3/c12-11(13,14)7-3-1-6(2-4-7)10-15-8(16-19-10)5-9(17)18/h1-4H,5H2,(H,17,18). The Hall–Kier alpha value is -2.38. The van der Waals surface area contributed by atoms with Crippen LogP contribution in [0.1, 0.15) is 11.4 Å². The molecule has 0 saturated heterocycles. The molecule has 0 bridgehead atoms. The zero-order valence-electron chi connectivity index (χ0n) is 9.31. The van der Waals surface area contributed by atoms with Crippen molar-refractivity contribution >= 4 is 5.97 Å². The normalized spacial score (nSPS) is 11.5. The predicted octanol–water partition coefficient (Wildman–Crippen LogP) is 2.38. The molecule has 0 aliphatic heterocycles. The fourth-order valence-electron chi connectivity index (χ4n) is 1.38. The Morgan fingerprint density at radius 3 is 2.42 bits per heavy atom. The maximum atomic E-state index is 12.4. The van der Waals surface area contributed by atoms with Gasteiger partial charge in [-0.15, -0.1) is 0 Å². The molecule has 0 spiro atoms.